The molecule has 2 aromatic heterocycles. The van der Waals surface area contributed by atoms with Crippen LogP contribution in [0.3, 0.4) is 0 Å². The van der Waals surface area contributed by atoms with Gasteiger partial charge in [-0.15, -0.1) is 11.3 Å². The highest BCUT2D eigenvalue weighted by molar-refractivity contribution is 7.26. The monoisotopic (exact) mass is 438 g/mol. The van der Waals surface area contributed by atoms with E-state index in [9.17, 15) is 0 Å². The summed E-state index contributed by atoms with van der Waals surface area (Å²) in [6, 6.07) is 37.6. The van der Waals surface area contributed by atoms with E-state index in [4.69, 9.17) is 10.2 Å². The van der Waals surface area contributed by atoms with E-state index in [1.54, 1.807) is 0 Å². The van der Waals surface area contributed by atoms with E-state index >= 15 is 0 Å². The van der Waals surface area contributed by atoms with Gasteiger partial charge >= 0.3 is 0 Å². The van der Waals surface area contributed by atoms with Gasteiger partial charge in [-0.25, -0.2) is 0 Å². The minimum Gasteiger partial charge on any atom is -0.256 e. The van der Waals surface area contributed by atoms with E-state index in [0.29, 0.717) is 5.56 Å². The summed E-state index contributed by atoms with van der Waals surface area (Å²) in [5.74, 6) is 0. The number of aromatic nitrogens is 1. The Morgan fingerprint density at radius 3 is 1.82 bits per heavy atom. The molecule has 6 rings (SSSR count). The average Bonchev–Trinajstić information content (AvgIpc) is 3.28. The van der Waals surface area contributed by atoms with Gasteiger partial charge < -0.3 is 0 Å². The molecule has 0 aliphatic rings. The minimum absolute atomic E-state index is 0.654. The van der Waals surface area contributed by atoms with Gasteiger partial charge in [-0.2, -0.15) is 5.26 Å². The van der Waals surface area contributed by atoms with E-state index in [-0.39, 0.29) is 0 Å². The number of nitriles is 1. The number of hydrogen-bond acceptors (Lipinski definition) is 3. The number of fused-ring (bicyclic) bond motifs is 3. The van der Waals surface area contributed by atoms with Crippen LogP contribution in [0, 0.1) is 11.3 Å². The number of rotatable bonds is 3. The molecule has 0 bridgehead atoms. The second-order valence-corrected chi connectivity index (χ2v) is 8.97. The molecule has 0 aliphatic carbocycles. The van der Waals surface area contributed by atoms with Gasteiger partial charge in [0.25, 0.3) is 0 Å². The first-order chi connectivity index (χ1) is 16.3. The zero-order valence-corrected chi connectivity index (χ0v) is 18.5. The molecule has 0 unspecified atom stereocenters. The van der Waals surface area contributed by atoms with Gasteiger partial charge in [-0.3, -0.25) is 4.98 Å². The third-order valence-electron chi connectivity index (χ3n) is 5.99. The van der Waals surface area contributed by atoms with E-state index in [1.807, 2.05) is 41.8 Å². The first-order valence-electron chi connectivity index (χ1n) is 10.8. The molecule has 0 spiro atoms. The fraction of sp³-hybridized carbons (Fsp3) is 0. The molecule has 0 saturated carbocycles. The third kappa shape index (κ3) is 3.38. The van der Waals surface area contributed by atoms with Gasteiger partial charge in [-0.05, 0) is 29.3 Å². The number of benzene rings is 4. The fourth-order valence-electron chi connectivity index (χ4n) is 4.33. The lowest BCUT2D eigenvalue weighted by Crippen LogP contribution is -1.86. The third-order valence-corrected chi connectivity index (χ3v) is 7.28. The second kappa shape index (κ2) is 8.02. The number of thiophene rings is 1. The zero-order valence-electron chi connectivity index (χ0n) is 17.7. The summed E-state index contributed by atoms with van der Waals surface area (Å²) < 4.78 is 2.59. The predicted molar refractivity (Wildman–Crippen MR) is 138 cm³/mol. The van der Waals surface area contributed by atoms with E-state index in [1.165, 1.54) is 36.9 Å². The molecule has 0 atom stereocenters. The Kier molecular flexibility index (Phi) is 4.72. The van der Waals surface area contributed by atoms with Crippen molar-refractivity contribution in [2.45, 2.75) is 0 Å². The van der Waals surface area contributed by atoms with Crippen LogP contribution in [0.2, 0.25) is 0 Å². The number of nitrogens with zero attached hydrogens (tertiary/aromatic N) is 2. The first kappa shape index (κ1) is 19.4. The first-order valence-corrected chi connectivity index (χ1v) is 11.6. The number of hydrogen-bond donors (Lipinski definition) is 0. The standard InChI is InChI=1S/C30H18N2S/c31-18-20-12-14-22(15-13-20)28-17-16-23(19-32-28)25-9-5-11-27-26-10-4-8-24(29(26)33-30(25)27)21-6-2-1-3-7-21/h1-17,19H. The van der Waals surface area contributed by atoms with Crippen molar-refractivity contribution < 1.29 is 0 Å². The molecule has 0 amide bonds. The smallest absolute Gasteiger partial charge is 0.0991 e. The molecule has 0 aliphatic heterocycles. The predicted octanol–water partition coefficient (Wildman–Crippen LogP) is 8.32. The largest absolute Gasteiger partial charge is 0.256 e. The Bertz CT molecular complexity index is 1640. The van der Waals surface area contributed by atoms with Crippen LogP contribution >= 0.6 is 11.3 Å². The van der Waals surface area contributed by atoms with Crippen LogP contribution in [-0.2, 0) is 0 Å². The van der Waals surface area contributed by atoms with Crippen LogP contribution in [0.25, 0.3) is 53.7 Å². The van der Waals surface area contributed by atoms with Crippen LogP contribution < -0.4 is 0 Å². The Labute approximate surface area is 196 Å². The summed E-state index contributed by atoms with van der Waals surface area (Å²) in [7, 11) is 0. The van der Waals surface area contributed by atoms with Crippen molar-refractivity contribution in [3.8, 4) is 39.6 Å². The lowest BCUT2D eigenvalue weighted by molar-refractivity contribution is 1.33. The molecule has 0 fully saturated rings. The van der Waals surface area contributed by atoms with Gasteiger partial charge in [0.15, 0.2) is 0 Å². The Morgan fingerprint density at radius 1 is 0.576 bits per heavy atom. The van der Waals surface area contributed by atoms with Crippen LogP contribution in [0.5, 0.6) is 0 Å². The zero-order chi connectivity index (χ0) is 22.2. The summed E-state index contributed by atoms with van der Waals surface area (Å²) in [5.41, 5.74) is 7.38. The maximum absolute atomic E-state index is 9.02. The van der Waals surface area contributed by atoms with E-state index in [2.05, 4.69) is 84.9 Å². The molecule has 0 N–H and O–H groups in total. The average molecular weight is 439 g/mol. The summed E-state index contributed by atoms with van der Waals surface area (Å²) >= 11 is 1.85. The van der Waals surface area contributed by atoms with Crippen molar-refractivity contribution in [2.75, 3.05) is 0 Å². The quantitative estimate of drug-likeness (QED) is 0.278. The molecule has 6 aromatic rings. The maximum atomic E-state index is 9.02. The van der Waals surface area contributed by atoms with Crippen molar-refractivity contribution in [3.63, 3.8) is 0 Å². The molecular weight excluding hydrogens is 420 g/mol. The highest BCUT2D eigenvalue weighted by Crippen LogP contribution is 2.43. The van der Waals surface area contributed by atoms with E-state index in [0.717, 1.165) is 16.8 Å². The maximum Gasteiger partial charge on any atom is 0.0991 e. The van der Waals surface area contributed by atoms with Crippen molar-refractivity contribution in [1.82, 2.24) is 4.98 Å². The van der Waals surface area contributed by atoms with Crippen molar-refractivity contribution in [3.05, 3.63) is 115 Å². The van der Waals surface area contributed by atoms with Gasteiger partial charge in [0.05, 0.1) is 17.3 Å². The number of pyridine rings is 1. The Morgan fingerprint density at radius 2 is 1.21 bits per heavy atom. The fourth-order valence-corrected chi connectivity index (χ4v) is 5.70. The molecule has 2 nitrogen and oxygen atoms in total. The lowest BCUT2D eigenvalue weighted by atomic mass is 10.0. The van der Waals surface area contributed by atoms with E-state index < -0.39 is 0 Å². The summed E-state index contributed by atoms with van der Waals surface area (Å²) in [5, 5.41) is 11.6. The molecule has 4 aromatic carbocycles. The van der Waals surface area contributed by atoms with Crippen LogP contribution in [0.15, 0.2) is 109 Å². The molecular formula is C30H18N2S. The van der Waals surface area contributed by atoms with Crippen LogP contribution in [0.1, 0.15) is 5.56 Å². The second-order valence-electron chi connectivity index (χ2n) is 7.95. The van der Waals surface area contributed by atoms with Crippen molar-refractivity contribution in [1.29, 1.82) is 5.26 Å². The molecule has 0 saturated heterocycles. The van der Waals surface area contributed by atoms with Gasteiger partial charge in [0, 0.05) is 43.1 Å². The summed E-state index contributed by atoms with van der Waals surface area (Å²) in [4.78, 5) is 4.73. The molecule has 2 heterocycles. The van der Waals surface area contributed by atoms with Gasteiger partial charge in [0.1, 0.15) is 0 Å². The van der Waals surface area contributed by atoms with Crippen LogP contribution in [-0.4, -0.2) is 4.98 Å². The van der Waals surface area contributed by atoms with Gasteiger partial charge in [0.2, 0.25) is 0 Å². The van der Waals surface area contributed by atoms with Crippen molar-refractivity contribution in [2.24, 2.45) is 0 Å². The topological polar surface area (TPSA) is 36.7 Å². The normalized spacial score (nSPS) is 11.0. The Balaban J connectivity index is 1.47. The summed E-state index contributed by atoms with van der Waals surface area (Å²) in [6.45, 7) is 0. The molecule has 0 radical (unpaired) electrons. The molecule has 33 heavy (non-hydrogen) atoms. The molecule has 3 heteroatoms. The van der Waals surface area contributed by atoms with Crippen LogP contribution in [0.4, 0.5) is 0 Å². The summed E-state index contributed by atoms with van der Waals surface area (Å²) in [6.07, 6.45) is 1.95. The highest BCUT2D eigenvalue weighted by Gasteiger charge is 2.14. The Hall–Kier alpha value is -4.26. The lowest BCUT2D eigenvalue weighted by Gasteiger charge is -2.06. The molecule has 154 valence electrons. The van der Waals surface area contributed by atoms with Gasteiger partial charge in [-0.1, -0.05) is 84.9 Å². The minimum atomic E-state index is 0.654. The SMILES string of the molecule is N#Cc1ccc(-c2ccc(-c3cccc4c3sc3c(-c5ccccc5)cccc34)cn2)cc1. The highest BCUT2D eigenvalue weighted by atomic mass is 32.1. The van der Waals surface area contributed by atoms with Crippen molar-refractivity contribution >= 4 is 31.5 Å².